The second-order valence-corrected chi connectivity index (χ2v) is 4.84. The third-order valence-electron chi connectivity index (χ3n) is 2.13. The lowest BCUT2D eigenvalue weighted by Crippen LogP contribution is -2.34. The molecule has 0 radical (unpaired) electrons. The number of nitrogens with two attached hydrogens (primary N) is 1. The maximum absolute atomic E-state index is 11.9. The summed E-state index contributed by atoms with van der Waals surface area (Å²) in [6.07, 6.45) is 0.680. The van der Waals surface area contributed by atoms with Crippen molar-refractivity contribution >= 4 is 5.91 Å². The molecule has 3 N–H and O–H groups in total. The molecule has 0 aromatic heterocycles. The van der Waals surface area contributed by atoms with Crippen molar-refractivity contribution in [1.29, 1.82) is 0 Å². The fraction of sp³-hybridized carbons (Fsp3) is 0.462. The smallest absolute Gasteiger partial charge is 0.275 e. The number of benzene rings is 1. The highest BCUT2D eigenvalue weighted by atomic mass is 16.7. The minimum absolute atomic E-state index is 0.232. The Morgan fingerprint density at radius 1 is 1.35 bits per heavy atom. The number of hydrogen-bond acceptors (Lipinski definition) is 3. The summed E-state index contributed by atoms with van der Waals surface area (Å²) in [6.45, 7) is 6.14. The number of hydrogen-bond donors (Lipinski definition) is 2. The van der Waals surface area contributed by atoms with Crippen LogP contribution in [-0.2, 0) is 11.3 Å². The SMILES string of the molecule is CC(C)(C)ONC(=O)c1ccccc1CCN. The van der Waals surface area contributed by atoms with Gasteiger partial charge in [0.25, 0.3) is 5.91 Å². The van der Waals surface area contributed by atoms with Crippen molar-refractivity contribution in [2.75, 3.05) is 6.54 Å². The molecule has 4 heteroatoms. The van der Waals surface area contributed by atoms with Gasteiger partial charge in [-0.25, -0.2) is 5.48 Å². The van der Waals surface area contributed by atoms with E-state index in [1.54, 1.807) is 6.07 Å². The van der Waals surface area contributed by atoms with Crippen molar-refractivity contribution in [3.8, 4) is 0 Å². The standard InChI is InChI=1S/C13H20N2O2/c1-13(2,3)17-15-12(16)11-7-5-4-6-10(11)8-9-14/h4-7H,8-9,14H2,1-3H3,(H,15,16). The van der Waals surface area contributed by atoms with Crippen LogP contribution in [0.5, 0.6) is 0 Å². The van der Waals surface area contributed by atoms with Gasteiger partial charge in [0.15, 0.2) is 0 Å². The molecule has 94 valence electrons. The van der Waals surface area contributed by atoms with Crippen LogP contribution in [-0.4, -0.2) is 18.1 Å². The number of nitrogens with one attached hydrogen (secondary N) is 1. The van der Waals surface area contributed by atoms with E-state index >= 15 is 0 Å². The molecule has 0 heterocycles. The molecule has 4 nitrogen and oxygen atoms in total. The van der Waals surface area contributed by atoms with Gasteiger partial charge < -0.3 is 5.73 Å². The Morgan fingerprint density at radius 3 is 2.59 bits per heavy atom. The quantitative estimate of drug-likeness (QED) is 0.781. The minimum atomic E-state index is -0.404. The number of carbonyl (C=O) groups is 1. The summed E-state index contributed by atoms with van der Waals surface area (Å²) in [6, 6.07) is 7.39. The van der Waals surface area contributed by atoms with Crippen LogP contribution in [0.1, 0.15) is 36.7 Å². The lowest BCUT2D eigenvalue weighted by Gasteiger charge is -2.19. The van der Waals surface area contributed by atoms with Crippen LogP contribution in [0.25, 0.3) is 0 Å². The van der Waals surface area contributed by atoms with E-state index in [0.717, 1.165) is 5.56 Å². The highest BCUT2D eigenvalue weighted by molar-refractivity contribution is 5.95. The van der Waals surface area contributed by atoms with Crippen LogP contribution in [0, 0.1) is 0 Å². The number of amides is 1. The van der Waals surface area contributed by atoms with Crippen LogP contribution < -0.4 is 11.2 Å². The van der Waals surface area contributed by atoms with E-state index in [-0.39, 0.29) is 5.91 Å². The summed E-state index contributed by atoms with van der Waals surface area (Å²) in [5, 5.41) is 0. The van der Waals surface area contributed by atoms with Crippen molar-refractivity contribution < 1.29 is 9.63 Å². The summed E-state index contributed by atoms with van der Waals surface area (Å²) in [4.78, 5) is 17.2. The van der Waals surface area contributed by atoms with E-state index in [1.807, 2.05) is 39.0 Å². The zero-order valence-corrected chi connectivity index (χ0v) is 10.6. The van der Waals surface area contributed by atoms with E-state index < -0.39 is 5.60 Å². The molecule has 0 aliphatic heterocycles. The van der Waals surface area contributed by atoms with Gasteiger partial charge in [0, 0.05) is 5.56 Å². The van der Waals surface area contributed by atoms with Gasteiger partial charge in [-0.15, -0.1) is 0 Å². The normalized spacial score (nSPS) is 11.3. The summed E-state index contributed by atoms with van der Waals surface area (Å²) < 4.78 is 0. The van der Waals surface area contributed by atoms with Crippen LogP contribution in [0.15, 0.2) is 24.3 Å². The van der Waals surface area contributed by atoms with E-state index in [9.17, 15) is 4.79 Å². The van der Waals surface area contributed by atoms with Gasteiger partial charge >= 0.3 is 0 Å². The van der Waals surface area contributed by atoms with Gasteiger partial charge in [-0.1, -0.05) is 18.2 Å². The lowest BCUT2D eigenvalue weighted by atomic mass is 10.0. The largest absolute Gasteiger partial charge is 0.330 e. The van der Waals surface area contributed by atoms with Gasteiger partial charge in [0.1, 0.15) is 0 Å². The molecule has 1 rings (SSSR count). The summed E-state index contributed by atoms with van der Waals surface area (Å²) >= 11 is 0. The van der Waals surface area contributed by atoms with E-state index in [4.69, 9.17) is 10.6 Å². The van der Waals surface area contributed by atoms with E-state index in [1.165, 1.54) is 0 Å². The van der Waals surface area contributed by atoms with Crippen molar-refractivity contribution in [2.24, 2.45) is 5.73 Å². The van der Waals surface area contributed by atoms with Gasteiger partial charge in [-0.05, 0) is 45.4 Å². The van der Waals surface area contributed by atoms with Crippen LogP contribution in [0.2, 0.25) is 0 Å². The second-order valence-electron chi connectivity index (χ2n) is 4.84. The Bertz CT molecular complexity index is 383. The third-order valence-corrected chi connectivity index (χ3v) is 2.13. The first-order valence-corrected chi connectivity index (χ1v) is 5.70. The van der Waals surface area contributed by atoms with Crippen molar-refractivity contribution in [1.82, 2.24) is 5.48 Å². The Hall–Kier alpha value is -1.39. The zero-order chi connectivity index (χ0) is 12.9. The second kappa shape index (κ2) is 5.80. The molecule has 0 saturated carbocycles. The van der Waals surface area contributed by atoms with Crippen molar-refractivity contribution in [2.45, 2.75) is 32.8 Å². The van der Waals surface area contributed by atoms with E-state index in [2.05, 4.69) is 5.48 Å². The monoisotopic (exact) mass is 236 g/mol. The first-order chi connectivity index (χ1) is 7.94. The highest BCUT2D eigenvalue weighted by Gasteiger charge is 2.15. The zero-order valence-electron chi connectivity index (χ0n) is 10.6. The first-order valence-electron chi connectivity index (χ1n) is 5.70. The molecule has 0 atom stereocenters. The highest BCUT2D eigenvalue weighted by Crippen LogP contribution is 2.10. The maximum atomic E-state index is 11.9. The molecule has 1 aromatic rings. The number of rotatable bonds is 4. The Balaban J connectivity index is 2.74. The Kier molecular flexibility index (Phi) is 4.66. The molecule has 0 bridgehead atoms. The molecule has 0 aliphatic rings. The van der Waals surface area contributed by atoms with Gasteiger partial charge in [-0.2, -0.15) is 0 Å². The summed E-state index contributed by atoms with van der Waals surface area (Å²) in [5.41, 5.74) is 9.11. The van der Waals surface area contributed by atoms with Crippen LogP contribution >= 0.6 is 0 Å². The van der Waals surface area contributed by atoms with Crippen molar-refractivity contribution in [3.05, 3.63) is 35.4 Å². The molecule has 1 amide bonds. The maximum Gasteiger partial charge on any atom is 0.275 e. The average Bonchev–Trinajstić information content (AvgIpc) is 2.26. The molecule has 0 aliphatic carbocycles. The summed E-state index contributed by atoms with van der Waals surface area (Å²) in [5.74, 6) is -0.232. The Morgan fingerprint density at radius 2 is 2.00 bits per heavy atom. The van der Waals surface area contributed by atoms with Crippen LogP contribution in [0.3, 0.4) is 0 Å². The predicted molar refractivity (Wildman–Crippen MR) is 67.5 cm³/mol. The first kappa shape index (κ1) is 13.7. The van der Waals surface area contributed by atoms with Gasteiger partial charge in [0.2, 0.25) is 0 Å². The molecule has 0 spiro atoms. The molecule has 0 unspecified atom stereocenters. The van der Waals surface area contributed by atoms with Crippen LogP contribution in [0.4, 0.5) is 0 Å². The number of hydroxylamine groups is 1. The summed E-state index contributed by atoms with van der Waals surface area (Å²) in [7, 11) is 0. The van der Waals surface area contributed by atoms with Gasteiger partial charge in [0.05, 0.1) is 5.60 Å². The average molecular weight is 236 g/mol. The van der Waals surface area contributed by atoms with E-state index in [0.29, 0.717) is 18.5 Å². The number of carbonyl (C=O) groups excluding carboxylic acids is 1. The molecule has 0 fully saturated rings. The fourth-order valence-corrected chi connectivity index (χ4v) is 1.37. The molecule has 1 aromatic carbocycles. The minimum Gasteiger partial charge on any atom is -0.330 e. The Labute approximate surface area is 102 Å². The molecule has 0 saturated heterocycles. The van der Waals surface area contributed by atoms with Gasteiger partial charge in [-0.3, -0.25) is 9.63 Å². The van der Waals surface area contributed by atoms with Crippen molar-refractivity contribution in [3.63, 3.8) is 0 Å². The fourth-order valence-electron chi connectivity index (χ4n) is 1.37. The molecular weight excluding hydrogens is 216 g/mol. The third kappa shape index (κ3) is 4.54. The topological polar surface area (TPSA) is 64.3 Å². The predicted octanol–water partition coefficient (Wildman–Crippen LogP) is 1.65. The lowest BCUT2D eigenvalue weighted by molar-refractivity contribution is -0.0590. The molecule has 17 heavy (non-hydrogen) atoms. The molecular formula is C13H20N2O2.